The lowest BCUT2D eigenvalue weighted by Crippen LogP contribution is -2.33. The Balaban J connectivity index is 1.86. The first-order chi connectivity index (χ1) is 8.97. The fourth-order valence-electron chi connectivity index (χ4n) is 2.27. The molecule has 0 aliphatic heterocycles. The molecule has 0 spiro atoms. The van der Waals surface area contributed by atoms with Crippen molar-refractivity contribution in [2.45, 2.75) is 39.7 Å². The molecular weight excluding hydrogens is 244 g/mol. The fourth-order valence-corrected chi connectivity index (χ4v) is 2.27. The Bertz CT molecular complexity index is 477. The molecule has 6 heteroatoms. The Kier molecular flexibility index (Phi) is 3.80. The Labute approximate surface area is 113 Å². The van der Waals surface area contributed by atoms with E-state index >= 15 is 0 Å². The van der Waals surface area contributed by atoms with Gasteiger partial charge in [0.2, 0.25) is 5.91 Å². The van der Waals surface area contributed by atoms with Gasteiger partial charge < -0.3 is 16.2 Å². The van der Waals surface area contributed by atoms with Gasteiger partial charge in [-0.05, 0) is 38.5 Å². The minimum absolute atomic E-state index is 0.0604. The lowest BCUT2D eigenvalue weighted by molar-refractivity contribution is -0.122. The van der Waals surface area contributed by atoms with Crippen LogP contribution < -0.4 is 11.1 Å². The summed E-state index contributed by atoms with van der Waals surface area (Å²) < 4.78 is 1.63. The number of anilines is 1. The van der Waals surface area contributed by atoms with E-state index < -0.39 is 0 Å². The number of nitrogens with two attached hydrogens (primary N) is 1. The first-order valence-corrected chi connectivity index (χ1v) is 6.64. The van der Waals surface area contributed by atoms with Gasteiger partial charge >= 0.3 is 0 Å². The number of rotatable bonds is 6. The third kappa shape index (κ3) is 3.07. The van der Waals surface area contributed by atoms with E-state index in [1.807, 2.05) is 13.8 Å². The van der Waals surface area contributed by atoms with Crippen molar-refractivity contribution in [2.24, 2.45) is 5.41 Å². The number of aliphatic hydroxyl groups is 1. The van der Waals surface area contributed by atoms with E-state index in [2.05, 4.69) is 10.4 Å². The standard InChI is InChI=1S/C13H22N4O2/c1-9-12(14)10(2)17(16-9)7-11(19)15-8-13(3-4-13)5-6-18/h18H,3-8,14H2,1-2H3,(H,15,19). The van der Waals surface area contributed by atoms with Crippen LogP contribution >= 0.6 is 0 Å². The second-order valence-corrected chi connectivity index (χ2v) is 5.49. The lowest BCUT2D eigenvalue weighted by atomic mass is 10.0. The summed E-state index contributed by atoms with van der Waals surface area (Å²) in [6.45, 7) is 4.71. The van der Waals surface area contributed by atoms with Crippen molar-refractivity contribution in [3.05, 3.63) is 11.4 Å². The molecular formula is C13H22N4O2. The third-order valence-corrected chi connectivity index (χ3v) is 3.99. The maximum absolute atomic E-state index is 11.9. The van der Waals surface area contributed by atoms with Gasteiger partial charge in [0, 0.05) is 13.2 Å². The Morgan fingerprint density at radius 3 is 2.68 bits per heavy atom. The molecule has 19 heavy (non-hydrogen) atoms. The van der Waals surface area contributed by atoms with Gasteiger partial charge in [0.25, 0.3) is 0 Å². The van der Waals surface area contributed by atoms with E-state index in [-0.39, 0.29) is 24.5 Å². The molecule has 0 aromatic carbocycles. The van der Waals surface area contributed by atoms with E-state index in [0.717, 1.165) is 30.7 Å². The molecule has 0 unspecified atom stereocenters. The van der Waals surface area contributed by atoms with Crippen LogP contribution in [0.4, 0.5) is 5.69 Å². The van der Waals surface area contributed by atoms with Gasteiger partial charge in [-0.15, -0.1) is 0 Å². The molecule has 1 fully saturated rings. The smallest absolute Gasteiger partial charge is 0.241 e. The van der Waals surface area contributed by atoms with E-state index in [1.165, 1.54) is 0 Å². The molecule has 4 N–H and O–H groups in total. The molecule has 0 radical (unpaired) electrons. The highest BCUT2D eigenvalue weighted by atomic mass is 16.3. The second kappa shape index (κ2) is 5.21. The van der Waals surface area contributed by atoms with Crippen LogP contribution in [0.3, 0.4) is 0 Å². The van der Waals surface area contributed by atoms with Gasteiger partial charge in [-0.3, -0.25) is 9.48 Å². The summed E-state index contributed by atoms with van der Waals surface area (Å²) in [4.78, 5) is 11.9. The van der Waals surface area contributed by atoms with Crippen LogP contribution in [0.2, 0.25) is 0 Å². The topological polar surface area (TPSA) is 93.2 Å². The number of nitrogens with zero attached hydrogens (tertiary/aromatic N) is 2. The zero-order valence-electron chi connectivity index (χ0n) is 11.6. The number of carbonyl (C=O) groups excluding carboxylic acids is 1. The van der Waals surface area contributed by atoms with Crippen LogP contribution in [-0.2, 0) is 11.3 Å². The Hall–Kier alpha value is -1.56. The van der Waals surface area contributed by atoms with Crippen molar-refractivity contribution in [3.63, 3.8) is 0 Å². The van der Waals surface area contributed by atoms with Crippen molar-refractivity contribution < 1.29 is 9.90 Å². The van der Waals surface area contributed by atoms with Gasteiger partial charge in [-0.1, -0.05) is 0 Å². The Morgan fingerprint density at radius 2 is 2.21 bits per heavy atom. The molecule has 0 bridgehead atoms. The summed E-state index contributed by atoms with van der Waals surface area (Å²) in [6.07, 6.45) is 2.93. The van der Waals surface area contributed by atoms with Crippen molar-refractivity contribution >= 4 is 11.6 Å². The summed E-state index contributed by atoms with van der Waals surface area (Å²) in [6, 6.07) is 0. The molecule has 0 saturated heterocycles. The number of nitrogen functional groups attached to an aromatic ring is 1. The van der Waals surface area contributed by atoms with E-state index in [4.69, 9.17) is 10.8 Å². The Morgan fingerprint density at radius 1 is 1.53 bits per heavy atom. The average molecular weight is 266 g/mol. The van der Waals surface area contributed by atoms with Crippen LogP contribution in [0.15, 0.2) is 0 Å². The molecule has 6 nitrogen and oxygen atoms in total. The summed E-state index contributed by atoms with van der Waals surface area (Å²) in [7, 11) is 0. The summed E-state index contributed by atoms with van der Waals surface area (Å²) in [5.74, 6) is -0.0604. The first kappa shape index (κ1) is 13.9. The van der Waals surface area contributed by atoms with Crippen LogP contribution in [0.5, 0.6) is 0 Å². The molecule has 1 heterocycles. The van der Waals surface area contributed by atoms with Crippen LogP contribution in [0.25, 0.3) is 0 Å². The van der Waals surface area contributed by atoms with Gasteiger partial charge in [-0.25, -0.2) is 0 Å². The number of hydrogen-bond donors (Lipinski definition) is 3. The van der Waals surface area contributed by atoms with Crippen molar-refractivity contribution in [3.8, 4) is 0 Å². The maximum atomic E-state index is 11.9. The van der Waals surface area contributed by atoms with Crippen LogP contribution in [-0.4, -0.2) is 33.9 Å². The number of carbonyl (C=O) groups is 1. The minimum atomic E-state index is -0.0604. The van der Waals surface area contributed by atoms with Crippen molar-refractivity contribution in [1.29, 1.82) is 0 Å². The van der Waals surface area contributed by atoms with Crippen LogP contribution in [0, 0.1) is 19.3 Å². The zero-order valence-corrected chi connectivity index (χ0v) is 11.6. The molecule has 1 aliphatic carbocycles. The fraction of sp³-hybridized carbons (Fsp3) is 0.692. The maximum Gasteiger partial charge on any atom is 0.241 e. The molecule has 1 aromatic rings. The van der Waals surface area contributed by atoms with Gasteiger partial charge in [0.1, 0.15) is 6.54 Å². The van der Waals surface area contributed by atoms with Gasteiger partial charge in [-0.2, -0.15) is 5.10 Å². The number of hydrogen-bond acceptors (Lipinski definition) is 4. The number of aliphatic hydroxyl groups excluding tert-OH is 1. The molecule has 1 aromatic heterocycles. The normalized spacial score (nSPS) is 16.4. The van der Waals surface area contributed by atoms with E-state index in [1.54, 1.807) is 4.68 Å². The SMILES string of the molecule is Cc1nn(CC(=O)NCC2(CCO)CC2)c(C)c1N. The highest BCUT2D eigenvalue weighted by Crippen LogP contribution is 2.47. The largest absolute Gasteiger partial charge is 0.396 e. The van der Waals surface area contributed by atoms with Crippen molar-refractivity contribution in [1.82, 2.24) is 15.1 Å². The first-order valence-electron chi connectivity index (χ1n) is 6.64. The second-order valence-electron chi connectivity index (χ2n) is 5.49. The summed E-state index contributed by atoms with van der Waals surface area (Å²) in [5.41, 5.74) is 8.19. The average Bonchev–Trinajstić information content (AvgIpc) is 3.09. The molecule has 1 amide bonds. The predicted octanol–water partition coefficient (Wildman–Crippen LogP) is 0.361. The van der Waals surface area contributed by atoms with Crippen LogP contribution in [0.1, 0.15) is 30.7 Å². The highest BCUT2D eigenvalue weighted by molar-refractivity contribution is 5.76. The molecule has 106 valence electrons. The molecule has 1 aliphatic rings. The minimum Gasteiger partial charge on any atom is -0.396 e. The summed E-state index contributed by atoms with van der Waals surface area (Å²) >= 11 is 0. The lowest BCUT2D eigenvalue weighted by Gasteiger charge is -2.14. The number of aryl methyl sites for hydroxylation is 1. The van der Waals surface area contributed by atoms with E-state index in [9.17, 15) is 4.79 Å². The quantitative estimate of drug-likeness (QED) is 0.693. The van der Waals surface area contributed by atoms with E-state index in [0.29, 0.717) is 12.2 Å². The molecule has 0 atom stereocenters. The molecule has 2 rings (SSSR count). The number of aromatic nitrogens is 2. The zero-order chi connectivity index (χ0) is 14.0. The monoisotopic (exact) mass is 266 g/mol. The number of nitrogens with one attached hydrogen (secondary N) is 1. The highest BCUT2D eigenvalue weighted by Gasteiger charge is 2.41. The van der Waals surface area contributed by atoms with Gasteiger partial charge in [0.05, 0.1) is 17.1 Å². The van der Waals surface area contributed by atoms with Gasteiger partial charge in [0.15, 0.2) is 0 Å². The summed E-state index contributed by atoms with van der Waals surface area (Å²) in [5, 5.41) is 16.1. The number of amides is 1. The third-order valence-electron chi connectivity index (χ3n) is 3.99. The molecule has 1 saturated carbocycles. The predicted molar refractivity (Wildman–Crippen MR) is 72.5 cm³/mol. The van der Waals surface area contributed by atoms with Crippen molar-refractivity contribution in [2.75, 3.05) is 18.9 Å².